The fourth-order valence-electron chi connectivity index (χ4n) is 4.02. The zero-order chi connectivity index (χ0) is 18.6. The van der Waals surface area contributed by atoms with Gasteiger partial charge in [0, 0.05) is 0 Å². The summed E-state index contributed by atoms with van der Waals surface area (Å²) in [5.41, 5.74) is 0. The maximum atomic E-state index is 2.83. The van der Waals surface area contributed by atoms with Crippen molar-refractivity contribution in [2.24, 2.45) is 11.8 Å². The molecular weight excluding hydrogens is 300 g/mol. The number of rotatable bonds is 20. The molecule has 25 heavy (non-hydrogen) atoms. The minimum atomic E-state index is 0.902. The number of unbranched alkanes of at least 4 members (excludes halogenated alkanes) is 10. The summed E-state index contributed by atoms with van der Waals surface area (Å²) in [6, 6.07) is 0. The van der Waals surface area contributed by atoms with E-state index in [1.165, 1.54) is 116 Å². The standard InChI is InChI=1S/C25H51/c1-5-9-13-14-15-18-22-24(19-12-8-4)23-25(20-16-10-6-2)21-17-11-7-3/h23-25H,5-22H2,1-4H3. The van der Waals surface area contributed by atoms with E-state index in [0.29, 0.717) is 0 Å². The van der Waals surface area contributed by atoms with Crippen LogP contribution < -0.4 is 0 Å². The first kappa shape index (κ1) is 25.0. The maximum absolute atomic E-state index is 2.83. The van der Waals surface area contributed by atoms with Gasteiger partial charge in [0.05, 0.1) is 0 Å². The topological polar surface area (TPSA) is 0 Å². The molecule has 0 amide bonds. The Morgan fingerprint density at radius 1 is 0.400 bits per heavy atom. The SMILES string of the molecule is CCCCCCCCC([CH]C(CCCCC)CCCCC)CCCC. The van der Waals surface area contributed by atoms with Gasteiger partial charge in [-0.1, -0.05) is 143 Å². The highest BCUT2D eigenvalue weighted by Gasteiger charge is 2.16. The molecule has 0 rings (SSSR count). The Kier molecular flexibility index (Phi) is 20.3. The molecule has 0 aromatic heterocycles. The van der Waals surface area contributed by atoms with Crippen LogP contribution in [0.1, 0.15) is 143 Å². The van der Waals surface area contributed by atoms with Crippen molar-refractivity contribution in [1.29, 1.82) is 0 Å². The molecule has 0 heteroatoms. The molecule has 0 aliphatic carbocycles. The van der Waals surface area contributed by atoms with Crippen LogP contribution in [0.3, 0.4) is 0 Å². The van der Waals surface area contributed by atoms with Gasteiger partial charge in [-0.15, -0.1) is 0 Å². The van der Waals surface area contributed by atoms with Gasteiger partial charge in [-0.2, -0.15) is 0 Å². The average Bonchev–Trinajstić information content (AvgIpc) is 2.62. The highest BCUT2D eigenvalue weighted by molar-refractivity contribution is 4.84. The second-order valence-corrected chi connectivity index (χ2v) is 8.40. The molecule has 0 bridgehead atoms. The summed E-state index contributed by atoms with van der Waals surface area (Å²) in [4.78, 5) is 0. The third-order valence-corrected chi connectivity index (χ3v) is 5.76. The van der Waals surface area contributed by atoms with E-state index in [1.54, 1.807) is 0 Å². The van der Waals surface area contributed by atoms with Gasteiger partial charge in [0.2, 0.25) is 0 Å². The predicted molar refractivity (Wildman–Crippen MR) is 117 cm³/mol. The van der Waals surface area contributed by atoms with Gasteiger partial charge < -0.3 is 0 Å². The molecule has 0 aromatic rings. The fraction of sp³-hybridized carbons (Fsp3) is 0.960. The van der Waals surface area contributed by atoms with Crippen LogP contribution in [0.15, 0.2) is 0 Å². The Hall–Kier alpha value is 0. The van der Waals surface area contributed by atoms with Gasteiger partial charge in [-0.25, -0.2) is 0 Å². The average molecular weight is 352 g/mol. The van der Waals surface area contributed by atoms with Crippen LogP contribution in [0.25, 0.3) is 0 Å². The van der Waals surface area contributed by atoms with Crippen LogP contribution in [0.2, 0.25) is 0 Å². The van der Waals surface area contributed by atoms with Gasteiger partial charge in [-0.05, 0) is 18.3 Å². The largest absolute Gasteiger partial charge is 0.0654 e. The molecule has 0 saturated carbocycles. The first-order chi connectivity index (χ1) is 12.3. The molecule has 151 valence electrons. The Labute approximate surface area is 161 Å². The molecule has 0 N–H and O–H groups in total. The van der Waals surface area contributed by atoms with Crippen LogP contribution >= 0.6 is 0 Å². The summed E-state index contributed by atoms with van der Waals surface area (Å²) in [6.45, 7) is 9.32. The van der Waals surface area contributed by atoms with Crippen molar-refractivity contribution in [3.8, 4) is 0 Å². The lowest BCUT2D eigenvalue weighted by Crippen LogP contribution is -2.11. The minimum Gasteiger partial charge on any atom is -0.0654 e. The molecule has 0 fully saturated rings. The second-order valence-electron chi connectivity index (χ2n) is 8.40. The third-order valence-electron chi connectivity index (χ3n) is 5.76. The molecule has 1 atom stereocenters. The second kappa shape index (κ2) is 20.3. The van der Waals surface area contributed by atoms with Crippen molar-refractivity contribution in [3.63, 3.8) is 0 Å². The Morgan fingerprint density at radius 2 is 0.720 bits per heavy atom. The fourth-order valence-corrected chi connectivity index (χ4v) is 4.02. The van der Waals surface area contributed by atoms with Crippen LogP contribution in [-0.2, 0) is 0 Å². The molecule has 0 saturated heterocycles. The summed E-state index contributed by atoms with van der Waals surface area (Å²) in [5.74, 6) is 1.81. The Morgan fingerprint density at radius 3 is 1.20 bits per heavy atom. The van der Waals surface area contributed by atoms with Crippen molar-refractivity contribution in [1.82, 2.24) is 0 Å². The van der Waals surface area contributed by atoms with E-state index in [4.69, 9.17) is 0 Å². The highest BCUT2D eigenvalue weighted by Crippen LogP contribution is 2.29. The summed E-state index contributed by atoms with van der Waals surface area (Å²) in [6.07, 6.45) is 28.5. The van der Waals surface area contributed by atoms with E-state index in [-0.39, 0.29) is 0 Å². The van der Waals surface area contributed by atoms with Crippen molar-refractivity contribution in [2.45, 2.75) is 143 Å². The van der Waals surface area contributed by atoms with E-state index in [1.807, 2.05) is 0 Å². The van der Waals surface area contributed by atoms with Crippen LogP contribution in [0, 0.1) is 18.3 Å². The molecule has 0 nitrogen and oxygen atoms in total. The van der Waals surface area contributed by atoms with E-state index >= 15 is 0 Å². The lowest BCUT2D eigenvalue weighted by atomic mass is 9.82. The van der Waals surface area contributed by atoms with E-state index in [9.17, 15) is 0 Å². The molecule has 0 heterocycles. The van der Waals surface area contributed by atoms with Crippen LogP contribution in [0.4, 0.5) is 0 Å². The van der Waals surface area contributed by atoms with Gasteiger partial charge >= 0.3 is 0 Å². The highest BCUT2D eigenvalue weighted by atomic mass is 14.2. The quantitative estimate of drug-likeness (QED) is 0.191. The first-order valence-electron chi connectivity index (χ1n) is 12.1. The zero-order valence-corrected chi connectivity index (χ0v) is 18.5. The van der Waals surface area contributed by atoms with Crippen molar-refractivity contribution in [2.75, 3.05) is 0 Å². The molecular formula is C25H51. The van der Waals surface area contributed by atoms with Crippen molar-refractivity contribution >= 4 is 0 Å². The predicted octanol–water partition coefficient (Wildman–Crippen LogP) is 9.52. The lowest BCUT2D eigenvalue weighted by molar-refractivity contribution is 0.370. The van der Waals surface area contributed by atoms with Crippen molar-refractivity contribution < 1.29 is 0 Å². The molecule has 1 radical (unpaired) electrons. The van der Waals surface area contributed by atoms with Gasteiger partial charge in [-0.3, -0.25) is 0 Å². The normalized spacial score (nSPS) is 12.8. The lowest BCUT2D eigenvalue weighted by Gasteiger charge is -2.24. The number of hydrogen-bond donors (Lipinski definition) is 0. The molecule has 0 aromatic carbocycles. The molecule has 0 aliphatic heterocycles. The smallest absolute Gasteiger partial charge is 0.0324 e. The summed E-state index contributed by atoms with van der Waals surface area (Å²) < 4.78 is 0. The Bertz CT molecular complexity index is 222. The molecule has 0 spiro atoms. The third kappa shape index (κ3) is 17.2. The van der Waals surface area contributed by atoms with Gasteiger partial charge in [0.1, 0.15) is 0 Å². The van der Waals surface area contributed by atoms with E-state index in [2.05, 4.69) is 34.1 Å². The van der Waals surface area contributed by atoms with Crippen molar-refractivity contribution in [3.05, 3.63) is 6.42 Å². The molecule has 0 aliphatic rings. The maximum Gasteiger partial charge on any atom is -0.0324 e. The van der Waals surface area contributed by atoms with Gasteiger partial charge in [0.15, 0.2) is 0 Å². The van der Waals surface area contributed by atoms with Crippen LogP contribution in [-0.4, -0.2) is 0 Å². The molecule has 1 unspecified atom stereocenters. The monoisotopic (exact) mass is 351 g/mol. The zero-order valence-electron chi connectivity index (χ0n) is 18.5. The van der Waals surface area contributed by atoms with E-state index in [0.717, 1.165) is 11.8 Å². The minimum absolute atomic E-state index is 0.902. The first-order valence-corrected chi connectivity index (χ1v) is 12.1. The van der Waals surface area contributed by atoms with Gasteiger partial charge in [0.25, 0.3) is 0 Å². The summed E-state index contributed by atoms with van der Waals surface area (Å²) in [5, 5.41) is 0. The Balaban J connectivity index is 4.24. The van der Waals surface area contributed by atoms with E-state index < -0.39 is 0 Å². The van der Waals surface area contributed by atoms with Crippen LogP contribution in [0.5, 0.6) is 0 Å². The summed E-state index contributed by atoms with van der Waals surface area (Å²) >= 11 is 0. The summed E-state index contributed by atoms with van der Waals surface area (Å²) in [7, 11) is 0. The number of hydrogen-bond acceptors (Lipinski definition) is 0.